The number of hydrogen-bond acceptors (Lipinski definition) is 5. The van der Waals surface area contributed by atoms with Crippen LogP contribution in [0.4, 0.5) is 4.79 Å². The average Bonchev–Trinajstić information content (AvgIpc) is 3.14. The Morgan fingerprint density at radius 2 is 1.61 bits per heavy atom. The van der Waals surface area contributed by atoms with Gasteiger partial charge in [-0.05, 0) is 66.8 Å². The predicted molar refractivity (Wildman–Crippen MR) is 138 cm³/mol. The van der Waals surface area contributed by atoms with E-state index >= 15 is 0 Å². The van der Waals surface area contributed by atoms with Crippen molar-refractivity contribution in [3.63, 3.8) is 0 Å². The summed E-state index contributed by atoms with van der Waals surface area (Å²) in [6.07, 6.45) is 2.55. The Morgan fingerprint density at radius 1 is 0.972 bits per heavy atom. The molecule has 36 heavy (non-hydrogen) atoms. The number of hydrogen-bond donors (Lipinski definition) is 0. The lowest BCUT2D eigenvalue weighted by atomic mass is 9.89. The summed E-state index contributed by atoms with van der Waals surface area (Å²) >= 11 is 0. The molecule has 6 rings (SSSR count). The van der Waals surface area contributed by atoms with Crippen molar-refractivity contribution in [1.82, 2.24) is 14.7 Å². The molecule has 1 spiro atoms. The van der Waals surface area contributed by atoms with Crippen LogP contribution in [0.3, 0.4) is 0 Å². The molecule has 3 saturated heterocycles. The molecule has 0 bridgehead atoms. The van der Waals surface area contributed by atoms with Gasteiger partial charge in [-0.1, -0.05) is 48.5 Å². The number of ether oxygens (including phenoxy) is 1. The Bertz CT molecular complexity index is 1310. The van der Waals surface area contributed by atoms with Gasteiger partial charge in [0.25, 0.3) is 11.8 Å². The molecular weight excluding hydrogens is 454 g/mol. The molecule has 3 fully saturated rings. The largest absolute Gasteiger partial charge is 0.431 e. The van der Waals surface area contributed by atoms with Crippen LogP contribution in [0.15, 0.2) is 54.6 Å². The van der Waals surface area contributed by atoms with Gasteiger partial charge in [0.2, 0.25) is 5.60 Å². The van der Waals surface area contributed by atoms with E-state index < -0.39 is 11.7 Å². The number of rotatable bonds is 3. The number of imide groups is 1. The lowest BCUT2D eigenvalue weighted by molar-refractivity contribution is -0.142. The van der Waals surface area contributed by atoms with Gasteiger partial charge in [-0.25, -0.2) is 9.69 Å². The third kappa shape index (κ3) is 3.64. The van der Waals surface area contributed by atoms with Gasteiger partial charge in [0.1, 0.15) is 0 Å². The lowest BCUT2D eigenvalue weighted by Gasteiger charge is -2.44. The Labute approximate surface area is 210 Å². The van der Waals surface area contributed by atoms with Crippen LogP contribution in [0.1, 0.15) is 43.0 Å². The van der Waals surface area contributed by atoms with E-state index in [1.807, 2.05) is 41.3 Å². The zero-order chi connectivity index (χ0) is 24.9. The van der Waals surface area contributed by atoms with Crippen LogP contribution < -0.4 is 0 Å². The quantitative estimate of drug-likeness (QED) is 0.514. The highest BCUT2D eigenvalue weighted by atomic mass is 16.6. The molecule has 3 aliphatic heterocycles. The highest BCUT2D eigenvalue weighted by molar-refractivity contribution is 6.18. The van der Waals surface area contributed by atoms with Crippen molar-refractivity contribution in [2.45, 2.75) is 44.2 Å². The summed E-state index contributed by atoms with van der Waals surface area (Å²) in [5, 5.41) is 4.13. The SMILES string of the molecule is CCN1C(=O)OC2(CCCN(C3CCN(C(=O)c4c5ccccc5cc5ccccc45)CC3)C2)C1=O. The molecule has 3 aromatic carbocycles. The number of nitrogens with zero attached hydrogens (tertiary/aromatic N) is 3. The highest BCUT2D eigenvalue weighted by Gasteiger charge is 2.55. The van der Waals surface area contributed by atoms with Crippen LogP contribution in [-0.2, 0) is 9.53 Å². The molecule has 186 valence electrons. The maximum Gasteiger partial charge on any atom is 0.417 e. The van der Waals surface area contributed by atoms with Gasteiger partial charge < -0.3 is 9.64 Å². The van der Waals surface area contributed by atoms with Gasteiger partial charge in [-0.3, -0.25) is 14.5 Å². The maximum absolute atomic E-state index is 13.9. The van der Waals surface area contributed by atoms with Crippen LogP contribution in [0.25, 0.3) is 21.5 Å². The number of carbonyl (C=O) groups excluding carboxylic acids is 3. The molecule has 0 radical (unpaired) electrons. The number of carbonyl (C=O) groups is 3. The highest BCUT2D eigenvalue weighted by Crippen LogP contribution is 2.36. The predicted octanol–water partition coefficient (Wildman–Crippen LogP) is 4.43. The molecule has 3 heterocycles. The molecular formula is C29H31N3O4. The smallest absolute Gasteiger partial charge is 0.417 e. The summed E-state index contributed by atoms with van der Waals surface area (Å²) in [4.78, 5) is 44.6. The Balaban J connectivity index is 1.20. The minimum absolute atomic E-state index is 0.0788. The monoisotopic (exact) mass is 485 g/mol. The molecule has 3 amide bonds. The molecule has 3 aliphatic rings. The second-order valence-electron chi connectivity index (χ2n) is 10.2. The normalized spacial score (nSPS) is 23.7. The topological polar surface area (TPSA) is 70.2 Å². The third-order valence-electron chi connectivity index (χ3n) is 8.19. The molecule has 0 aliphatic carbocycles. The molecule has 0 N–H and O–H groups in total. The average molecular weight is 486 g/mol. The number of piperidine rings is 2. The van der Waals surface area contributed by atoms with Crippen molar-refractivity contribution in [2.24, 2.45) is 0 Å². The molecule has 7 nitrogen and oxygen atoms in total. The first-order valence-corrected chi connectivity index (χ1v) is 13.0. The number of amides is 3. The second kappa shape index (κ2) is 8.89. The fourth-order valence-corrected chi connectivity index (χ4v) is 6.33. The molecule has 0 saturated carbocycles. The number of fused-ring (bicyclic) bond motifs is 2. The van der Waals surface area contributed by atoms with Crippen LogP contribution in [0, 0.1) is 0 Å². The molecule has 0 aromatic heterocycles. The number of likely N-dealkylation sites (N-methyl/N-ethyl adjacent to an activating group) is 1. The Hall–Kier alpha value is -3.45. The standard InChI is InChI=1S/C29H31N3O4/c1-2-32-27(34)29(36-28(32)35)14-7-15-31(19-29)22-12-16-30(17-13-22)26(33)25-23-10-5-3-8-20(23)18-21-9-4-6-11-24(21)25/h3-6,8-11,18,22H,2,7,12-17,19H2,1H3. The first-order chi connectivity index (χ1) is 17.5. The number of likely N-dealkylation sites (tertiary alicyclic amines) is 2. The molecule has 1 atom stereocenters. The Kier molecular flexibility index (Phi) is 5.67. The molecule has 1 unspecified atom stereocenters. The first-order valence-electron chi connectivity index (χ1n) is 13.0. The van der Waals surface area contributed by atoms with Crippen molar-refractivity contribution < 1.29 is 19.1 Å². The Morgan fingerprint density at radius 3 is 2.22 bits per heavy atom. The second-order valence-corrected chi connectivity index (χ2v) is 10.2. The van der Waals surface area contributed by atoms with Gasteiger partial charge in [-0.2, -0.15) is 0 Å². The first kappa shape index (κ1) is 23.0. The van der Waals surface area contributed by atoms with Gasteiger partial charge in [0, 0.05) is 32.2 Å². The maximum atomic E-state index is 13.9. The minimum atomic E-state index is -1.04. The summed E-state index contributed by atoms with van der Waals surface area (Å²) in [7, 11) is 0. The van der Waals surface area contributed by atoms with Crippen molar-refractivity contribution in [3.8, 4) is 0 Å². The summed E-state index contributed by atoms with van der Waals surface area (Å²) in [6, 6.07) is 18.6. The van der Waals surface area contributed by atoms with Gasteiger partial charge in [0.05, 0.1) is 5.56 Å². The van der Waals surface area contributed by atoms with Crippen molar-refractivity contribution >= 4 is 39.5 Å². The van der Waals surface area contributed by atoms with Crippen molar-refractivity contribution in [3.05, 3.63) is 60.2 Å². The fourth-order valence-electron chi connectivity index (χ4n) is 6.33. The van der Waals surface area contributed by atoms with E-state index in [-0.39, 0.29) is 17.9 Å². The summed E-state index contributed by atoms with van der Waals surface area (Å²) in [5.41, 5.74) is -0.262. The van der Waals surface area contributed by atoms with Crippen LogP contribution >= 0.6 is 0 Å². The van der Waals surface area contributed by atoms with E-state index in [0.717, 1.165) is 52.9 Å². The van der Waals surface area contributed by atoms with E-state index in [1.54, 1.807) is 6.92 Å². The fraction of sp³-hybridized carbons (Fsp3) is 0.414. The summed E-state index contributed by atoms with van der Waals surface area (Å²) < 4.78 is 5.66. The van der Waals surface area contributed by atoms with Gasteiger partial charge in [-0.15, -0.1) is 0 Å². The van der Waals surface area contributed by atoms with Gasteiger partial charge >= 0.3 is 6.09 Å². The van der Waals surface area contributed by atoms with E-state index in [2.05, 4.69) is 23.1 Å². The summed E-state index contributed by atoms with van der Waals surface area (Å²) in [6.45, 7) is 4.79. The van der Waals surface area contributed by atoms with E-state index in [0.29, 0.717) is 32.6 Å². The van der Waals surface area contributed by atoms with Crippen LogP contribution in [0.5, 0.6) is 0 Å². The van der Waals surface area contributed by atoms with E-state index in [4.69, 9.17) is 4.74 Å². The minimum Gasteiger partial charge on any atom is -0.431 e. The van der Waals surface area contributed by atoms with Crippen LogP contribution in [0.2, 0.25) is 0 Å². The van der Waals surface area contributed by atoms with E-state index in [1.165, 1.54) is 4.90 Å². The molecule has 3 aromatic rings. The van der Waals surface area contributed by atoms with Crippen molar-refractivity contribution in [1.29, 1.82) is 0 Å². The lowest BCUT2D eigenvalue weighted by Crippen LogP contribution is -2.58. The third-order valence-corrected chi connectivity index (χ3v) is 8.19. The molecule has 7 heteroatoms. The van der Waals surface area contributed by atoms with Crippen LogP contribution in [-0.4, -0.2) is 77.0 Å². The zero-order valence-electron chi connectivity index (χ0n) is 20.6. The number of benzene rings is 3. The van der Waals surface area contributed by atoms with Crippen molar-refractivity contribution in [2.75, 3.05) is 32.7 Å². The summed E-state index contributed by atoms with van der Waals surface area (Å²) in [5.74, 6) is -0.120. The van der Waals surface area contributed by atoms with Gasteiger partial charge in [0.15, 0.2) is 0 Å². The van der Waals surface area contributed by atoms with E-state index in [9.17, 15) is 14.4 Å². The zero-order valence-corrected chi connectivity index (χ0v) is 20.6.